The molecule has 0 saturated carbocycles. The maximum Gasteiger partial charge on any atom is 0.156 e. The molecule has 1 N–H and O–H groups in total. The predicted molar refractivity (Wildman–Crippen MR) is 98.0 cm³/mol. The lowest BCUT2D eigenvalue weighted by atomic mass is 10.1. The van der Waals surface area contributed by atoms with Gasteiger partial charge in [-0.15, -0.1) is 0 Å². The van der Waals surface area contributed by atoms with Crippen LogP contribution in [0.15, 0.2) is 54.7 Å². The number of nitrogens with one attached hydrogen (secondary N) is 1. The first-order valence-electron chi connectivity index (χ1n) is 7.85. The van der Waals surface area contributed by atoms with Gasteiger partial charge in [0.1, 0.15) is 11.6 Å². The second-order valence-corrected chi connectivity index (χ2v) is 6.36. The predicted octanol–water partition coefficient (Wildman–Crippen LogP) is 5.84. The summed E-state index contributed by atoms with van der Waals surface area (Å²) in [7, 11) is 0. The first-order valence-corrected chi connectivity index (χ1v) is 8.60. The van der Waals surface area contributed by atoms with E-state index in [2.05, 4.69) is 16.9 Å². The topological polar surface area (TPSA) is 37.9 Å². The van der Waals surface area contributed by atoms with E-state index < -0.39 is 0 Å². The van der Waals surface area contributed by atoms with Gasteiger partial charge in [0.15, 0.2) is 6.10 Å². The molecule has 3 nitrogen and oxygen atoms in total. The van der Waals surface area contributed by atoms with Crippen molar-refractivity contribution < 1.29 is 4.74 Å². The van der Waals surface area contributed by atoms with Crippen LogP contribution in [0, 0.1) is 0 Å². The highest BCUT2D eigenvalue weighted by molar-refractivity contribution is 6.42. The molecule has 0 aliphatic rings. The van der Waals surface area contributed by atoms with Gasteiger partial charge in [-0.1, -0.05) is 54.4 Å². The van der Waals surface area contributed by atoms with Crippen LogP contribution in [0.2, 0.25) is 10.0 Å². The average Bonchev–Trinajstić information content (AvgIpc) is 3.05. The van der Waals surface area contributed by atoms with Crippen LogP contribution in [0.3, 0.4) is 0 Å². The molecule has 3 rings (SSSR count). The van der Waals surface area contributed by atoms with Crippen LogP contribution < -0.4 is 4.74 Å². The second-order valence-electron chi connectivity index (χ2n) is 5.55. The zero-order valence-corrected chi connectivity index (χ0v) is 14.8. The van der Waals surface area contributed by atoms with Crippen LogP contribution in [0.25, 0.3) is 0 Å². The fourth-order valence-corrected chi connectivity index (χ4v) is 2.82. The summed E-state index contributed by atoms with van der Waals surface area (Å²) in [5, 5.41) is 1.13. The van der Waals surface area contributed by atoms with E-state index in [1.54, 1.807) is 0 Å². The lowest BCUT2D eigenvalue weighted by Crippen LogP contribution is -2.08. The number of benzene rings is 2. The Morgan fingerprint density at radius 3 is 2.58 bits per heavy atom. The van der Waals surface area contributed by atoms with Crippen molar-refractivity contribution in [1.82, 2.24) is 9.97 Å². The van der Waals surface area contributed by atoms with Gasteiger partial charge in [-0.25, -0.2) is 4.98 Å². The number of rotatable bonds is 6. The minimum atomic E-state index is -0.102. The lowest BCUT2D eigenvalue weighted by Gasteiger charge is -2.15. The minimum Gasteiger partial charge on any atom is -0.483 e. The van der Waals surface area contributed by atoms with Crippen LogP contribution >= 0.6 is 23.2 Å². The highest BCUT2D eigenvalue weighted by Gasteiger charge is 2.15. The highest BCUT2D eigenvalue weighted by Crippen LogP contribution is 2.25. The van der Waals surface area contributed by atoms with Crippen LogP contribution in [-0.4, -0.2) is 9.97 Å². The molecule has 0 saturated heterocycles. The summed E-state index contributed by atoms with van der Waals surface area (Å²) in [5.41, 5.74) is 2.09. The van der Waals surface area contributed by atoms with Gasteiger partial charge >= 0.3 is 0 Å². The quantitative estimate of drug-likeness (QED) is 0.599. The van der Waals surface area contributed by atoms with Crippen molar-refractivity contribution in [1.29, 1.82) is 0 Å². The minimum absolute atomic E-state index is 0.102. The monoisotopic (exact) mass is 360 g/mol. The van der Waals surface area contributed by atoms with Crippen molar-refractivity contribution in [2.45, 2.75) is 25.9 Å². The summed E-state index contributed by atoms with van der Waals surface area (Å²) in [6.45, 7) is 2.08. The normalized spacial score (nSPS) is 12.1. The number of hydrogen-bond donors (Lipinski definition) is 1. The third kappa shape index (κ3) is 4.11. The van der Waals surface area contributed by atoms with Gasteiger partial charge in [0.25, 0.3) is 0 Å². The molecule has 0 amide bonds. The smallest absolute Gasteiger partial charge is 0.156 e. The Labute approximate surface area is 151 Å². The number of halogens is 2. The number of nitrogens with zero attached hydrogens (tertiary/aromatic N) is 1. The molecule has 124 valence electrons. The number of imidazole rings is 1. The molecule has 0 bridgehead atoms. The summed E-state index contributed by atoms with van der Waals surface area (Å²) >= 11 is 12.0. The van der Waals surface area contributed by atoms with Gasteiger partial charge in [-0.3, -0.25) is 0 Å². The maximum absolute atomic E-state index is 6.07. The number of aromatic amines is 1. The summed E-state index contributed by atoms with van der Waals surface area (Å²) in [6.07, 6.45) is 3.28. The summed E-state index contributed by atoms with van der Waals surface area (Å²) in [4.78, 5) is 7.83. The third-order valence-electron chi connectivity index (χ3n) is 3.72. The molecule has 1 unspecified atom stereocenters. The third-order valence-corrected chi connectivity index (χ3v) is 4.46. The first-order chi connectivity index (χ1) is 11.7. The van der Waals surface area contributed by atoms with Gasteiger partial charge in [-0.05, 0) is 36.2 Å². The lowest BCUT2D eigenvalue weighted by molar-refractivity contribution is 0.192. The average molecular weight is 361 g/mol. The van der Waals surface area contributed by atoms with Gasteiger partial charge in [0.2, 0.25) is 0 Å². The molecule has 0 aliphatic heterocycles. The van der Waals surface area contributed by atoms with E-state index in [0.717, 1.165) is 29.3 Å². The van der Waals surface area contributed by atoms with Crippen molar-refractivity contribution in [3.05, 3.63) is 81.9 Å². The second kappa shape index (κ2) is 7.73. The van der Waals surface area contributed by atoms with E-state index in [-0.39, 0.29) is 6.10 Å². The number of hydrogen-bond acceptors (Lipinski definition) is 2. The number of para-hydroxylation sites is 1. The van der Waals surface area contributed by atoms with Gasteiger partial charge in [0, 0.05) is 18.3 Å². The zero-order chi connectivity index (χ0) is 16.9. The van der Waals surface area contributed by atoms with Crippen LogP contribution in [0.4, 0.5) is 0 Å². The van der Waals surface area contributed by atoms with Crippen molar-refractivity contribution in [2.75, 3.05) is 0 Å². The molecule has 0 spiro atoms. The summed E-state index contributed by atoms with van der Waals surface area (Å²) in [6, 6.07) is 15.4. The van der Waals surface area contributed by atoms with E-state index in [1.807, 2.05) is 54.7 Å². The summed E-state index contributed by atoms with van der Waals surface area (Å²) in [5.74, 6) is 1.67. The van der Waals surface area contributed by atoms with E-state index in [0.29, 0.717) is 16.5 Å². The molecular formula is C19H18Cl2N2O. The molecule has 1 aromatic heterocycles. The Kier molecular flexibility index (Phi) is 5.44. The van der Waals surface area contributed by atoms with Crippen molar-refractivity contribution in [3.63, 3.8) is 0 Å². The van der Waals surface area contributed by atoms with E-state index in [1.165, 1.54) is 0 Å². The van der Waals surface area contributed by atoms with Gasteiger partial charge in [-0.2, -0.15) is 0 Å². The first kappa shape index (κ1) is 16.9. The largest absolute Gasteiger partial charge is 0.483 e. The molecule has 3 aromatic rings. The van der Waals surface area contributed by atoms with Crippen molar-refractivity contribution in [2.24, 2.45) is 0 Å². The Bertz CT molecular complexity index is 802. The van der Waals surface area contributed by atoms with Crippen molar-refractivity contribution in [3.8, 4) is 5.75 Å². The Hall–Kier alpha value is -1.97. The molecule has 0 fully saturated rings. The fraction of sp³-hybridized carbons (Fsp3) is 0.211. The number of aromatic nitrogens is 2. The standard InChI is InChI=1S/C19H18Cl2N2O/c1-2-18(24-15-6-4-3-5-7-15)19-22-12-14(23-19)10-13-8-9-16(20)17(21)11-13/h3-9,11-12,18H,2,10H2,1H3,(H,22,23). The highest BCUT2D eigenvalue weighted by atomic mass is 35.5. The van der Waals surface area contributed by atoms with Crippen LogP contribution in [-0.2, 0) is 6.42 Å². The molecule has 1 heterocycles. The Morgan fingerprint density at radius 1 is 1.08 bits per heavy atom. The molecule has 2 aromatic carbocycles. The van der Waals surface area contributed by atoms with Gasteiger partial charge < -0.3 is 9.72 Å². The molecular weight excluding hydrogens is 343 g/mol. The van der Waals surface area contributed by atoms with Crippen molar-refractivity contribution >= 4 is 23.2 Å². The molecule has 0 radical (unpaired) electrons. The summed E-state index contributed by atoms with van der Waals surface area (Å²) < 4.78 is 6.02. The van der Waals surface area contributed by atoms with E-state index in [4.69, 9.17) is 27.9 Å². The molecule has 24 heavy (non-hydrogen) atoms. The van der Waals surface area contributed by atoms with E-state index in [9.17, 15) is 0 Å². The SMILES string of the molecule is CCC(Oc1ccccc1)c1ncc(Cc2ccc(Cl)c(Cl)c2)[nH]1. The fourth-order valence-electron chi connectivity index (χ4n) is 2.50. The Balaban J connectivity index is 1.72. The zero-order valence-electron chi connectivity index (χ0n) is 13.3. The van der Waals surface area contributed by atoms with Gasteiger partial charge in [0.05, 0.1) is 10.0 Å². The number of H-pyrrole nitrogens is 1. The number of ether oxygens (including phenoxy) is 1. The maximum atomic E-state index is 6.07. The Morgan fingerprint density at radius 2 is 1.88 bits per heavy atom. The van der Waals surface area contributed by atoms with Crippen LogP contribution in [0.1, 0.15) is 36.5 Å². The van der Waals surface area contributed by atoms with Crippen LogP contribution in [0.5, 0.6) is 5.75 Å². The molecule has 0 aliphatic carbocycles. The molecule has 5 heteroatoms. The van der Waals surface area contributed by atoms with E-state index >= 15 is 0 Å². The molecule has 1 atom stereocenters.